The number of benzene rings is 1. The highest BCUT2D eigenvalue weighted by Crippen LogP contribution is 2.30. The lowest BCUT2D eigenvalue weighted by Gasteiger charge is -2.05. The van der Waals surface area contributed by atoms with Crippen LogP contribution < -0.4 is 0 Å². The minimum Gasteiger partial charge on any atom is -0.340 e. The summed E-state index contributed by atoms with van der Waals surface area (Å²) in [6, 6.07) is 6.80. The molecule has 2 aromatic heterocycles. The number of alkyl halides is 2. The maximum absolute atomic E-state index is 13.2. The van der Waals surface area contributed by atoms with Crippen LogP contribution in [0.2, 0.25) is 0 Å². The van der Waals surface area contributed by atoms with Crippen LogP contribution in [0, 0.1) is 6.92 Å². The zero-order valence-corrected chi connectivity index (χ0v) is 11.3. The van der Waals surface area contributed by atoms with E-state index in [2.05, 4.69) is 15.1 Å². The van der Waals surface area contributed by atoms with Crippen LogP contribution >= 0.6 is 11.8 Å². The third kappa shape index (κ3) is 2.38. The Morgan fingerprint density at radius 3 is 2.80 bits per heavy atom. The zero-order chi connectivity index (χ0) is 14.1. The van der Waals surface area contributed by atoms with Crippen molar-refractivity contribution in [1.29, 1.82) is 0 Å². The van der Waals surface area contributed by atoms with Gasteiger partial charge in [0.15, 0.2) is 11.0 Å². The van der Waals surface area contributed by atoms with E-state index in [9.17, 15) is 8.78 Å². The smallest absolute Gasteiger partial charge is 0.321 e. The minimum absolute atomic E-state index is 0.239. The van der Waals surface area contributed by atoms with Gasteiger partial charge in [0.25, 0.3) is 0 Å². The van der Waals surface area contributed by atoms with Gasteiger partial charge < -0.3 is 4.52 Å². The molecule has 0 saturated carbocycles. The Kier molecular flexibility index (Phi) is 3.39. The summed E-state index contributed by atoms with van der Waals surface area (Å²) in [7, 11) is 0. The molecule has 5 nitrogen and oxygen atoms in total. The topological polar surface area (TPSA) is 56.7 Å². The van der Waals surface area contributed by atoms with Crippen molar-refractivity contribution in [2.75, 3.05) is 0 Å². The van der Waals surface area contributed by atoms with Crippen molar-refractivity contribution in [1.82, 2.24) is 19.7 Å². The SMILES string of the molecule is Cc1nc(CSc2nc3ccccc3n2C(F)F)no1. The number of hydrogen-bond acceptors (Lipinski definition) is 5. The molecule has 0 aliphatic carbocycles. The summed E-state index contributed by atoms with van der Waals surface area (Å²) in [4.78, 5) is 8.25. The molecule has 104 valence electrons. The molecule has 0 amide bonds. The number of para-hydroxylation sites is 2. The van der Waals surface area contributed by atoms with E-state index < -0.39 is 6.55 Å². The van der Waals surface area contributed by atoms with Crippen molar-refractivity contribution in [2.24, 2.45) is 0 Å². The van der Waals surface area contributed by atoms with Crippen LogP contribution in [0.3, 0.4) is 0 Å². The van der Waals surface area contributed by atoms with Crippen molar-refractivity contribution in [3.05, 3.63) is 36.0 Å². The number of aromatic nitrogens is 4. The first-order chi connectivity index (χ1) is 9.65. The maximum Gasteiger partial charge on any atom is 0.321 e. The minimum atomic E-state index is -2.64. The molecule has 0 radical (unpaired) electrons. The summed E-state index contributed by atoms with van der Waals surface area (Å²) >= 11 is 1.15. The fourth-order valence-electron chi connectivity index (χ4n) is 1.84. The first-order valence-corrected chi connectivity index (χ1v) is 6.81. The predicted molar refractivity (Wildman–Crippen MR) is 69.6 cm³/mol. The lowest BCUT2D eigenvalue weighted by molar-refractivity contribution is 0.0656. The molecule has 8 heteroatoms. The first kappa shape index (κ1) is 13.0. The van der Waals surface area contributed by atoms with E-state index >= 15 is 0 Å². The Balaban J connectivity index is 1.92. The summed E-state index contributed by atoms with van der Waals surface area (Å²) in [5.41, 5.74) is 0.953. The van der Waals surface area contributed by atoms with Gasteiger partial charge in [0.05, 0.1) is 16.8 Å². The second kappa shape index (κ2) is 5.20. The van der Waals surface area contributed by atoms with Crippen LogP contribution in [0.15, 0.2) is 33.9 Å². The monoisotopic (exact) mass is 296 g/mol. The Bertz CT molecular complexity index is 740. The number of fused-ring (bicyclic) bond motifs is 1. The van der Waals surface area contributed by atoms with Gasteiger partial charge in [-0.15, -0.1) is 0 Å². The third-order valence-electron chi connectivity index (χ3n) is 2.66. The summed E-state index contributed by atoms with van der Waals surface area (Å²) in [5.74, 6) is 1.23. The lowest BCUT2D eigenvalue weighted by atomic mass is 10.3. The van der Waals surface area contributed by atoms with E-state index in [1.165, 1.54) is 0 Å². The molecule has 3 rings (SSSR count). The number of halogens is 2. The largest absolute Gasteiger partial charge is 0.340 e. The standard InChI is InChI=1S/C12H10F2N4OS/c1-7-15-10(17-19-7)6-20-12-16-8-4-2-3-5-9(8)18(12)11(13)14/h2-5,11H,6H2,1H3. The molecule has 0 unspecified atom stereocenters. The number of nitrogens with zero attached hydrogens (tertiary/aromatic N) is 4. The molecule has 0 spiro atoms. The highest BCUT2D eigenvalue weighted by Gasteiger charge is 2.18. The lowest BCUT2D eigenvalue weighted by Crippen LogP contribution is -2.00. The van der Waals surface area contributed by atoms with Gasteiger partial charge >= 0.3 is 6.55 Å². The molecule has 0 aliphatic heterocycles. The number of aryl methyl sites for hydroxylation is 1. The third-order valence-corrected chi connectivity index (χ3v) is 3.61. The fourth-order valence-corrected chi connectivity index (χ4v) is 2.70. The highest BCUT2D eigenvalue weighted by atomic mass is 32.2. The molecule has 0 bridgehead atoms. The van der Waals surface area contributed by atoms with Crippen molar-refractivity contribution in [2.45, 2.75) is 24.4 Å². The van der Waals surface area contributed by atoms with Crippen molar-refractivity contribution in [3.8, 4) is 0 Å². The molecule has 1 aromatic carbocycles. The number of hydrogen-bond donors (Lipinski definition) is 0. The molecular formula is C12H10F2N4OS. The quantitative estimate of drug-likeness (QED) is 0.690. The van der Waals surface area contributed by atoms with Crippen LogP contribution in [-0.4, -0.2) is 19.7 Å². The van der Waals surface area contributed by atoms with Crippen LogP contribution in [0.1, 0.15) is 18.3 Å². The van der Waals surface area contributed by atoms with Gasteiger partial charge in [-0.25, -0.2) is 4.98 Å². The second-order valence-electron chi connectivity index (χ2n) is 4.05. The molecule has 2 heterocycles. The normalized spacial score (nSPS) is 11.6. The Morgan fingerprint density at radius 2 is 2.10 bits per heavy atom. The van der Waals surface area contributed by atoms with Gasteiger partial charge in [0.1, 0.15) is 0 Å². The van der Waals surface area contributed by atoms with Gasteiger partial charge in [0, 0.05) is 6.92 Å². The summed E-state index contributed by atoms with van der Waals surface area (Å²) < 4.78 is 32.1. The van der Waals surface area contributed by atoms with Gasteiger partial charge in [-0.3, -0.25) is 4.57 Å². The van der Waals surface area contributed by atoms with E-state index in [1.807, 2.05) is 0 Å². The number of imidazole rings is 1. The highest BCUT2D eigenvalue weighted by molar-refractivity contribution is 7.98. The average Bonchev–Trinajstić information content (AvgIpc) is 2.99. The van der Waals surface area contributed by atoms with Crippen LogP contribution in [0.4, 0.5) is 8.78 Å². The van der Waals surface area contributed by atoms with Crippen molar-refractivity contribution in [3.63, 3.8) is 0 Å². The number of rotatable bonds is 4. The summed E-state index contributed by atoms with van der Waals surface area (Å²) in [5, 5.41) is 3.97. The Morgan fingerprint density at radius 1 is 1.30 bits per heavy atom. The fraction of sp³-hybridized carbons (Fsp3) is 0.250. The molecule has 0 saturated heterocycles. The zero-order valence-electron chi connectivity index (χ0n) is 10.5. The van der Waals surface area contributed by atoms with E-state index in [1.54, 1.807) is 31.2 Å². The van der Waals surface area contributed by atoms with E-state index in [0.717, 1.165) is 16.3 Å². The maximum atomic E-state index is 13.2. The van der Waals surface area contributed by atoms with Crippen molar-refractivity contribution >= 4 is 22.8 Å². The average molecular weight is 296 g/mol. The van der Waals surface area contributed by atoms with E-state index in [0.29, 0.717) is 28.5 Å². The molecule has 0 aliphatic rings. The van der Waals surface area contributed by atoms with E-state index in [-0.39, 0.29) is 5.16 Å². The molecule has 0 fully saturated rings. The van der Waals surface area contributed by atoms with Crippen LogP contribution in [0.25, 0.3) is 11.0 Å². The Labute approximate surface area is 117 Å². The summed E-state index contributed by atoms with van der Waals surface area (Å²) in [6.45, 7) is -0.966. The molecule has 0 N–H and O–H groups in total. The van der Waals surface area contributed by atoms with Gasteiger partial charge in [-0.1, -0.05) is 29.1 Å². The van der Waals surface area contributed by atoms with Gasteiger partial charge in [0.2, 0.25) is 5.89 Å². The molecule has 20 heavy (non-hydrogen) atoms. The predicted octanol–water partition coefficient (Wildman–Crippen LogP) is 3.42. The van der Waals surface area contributed by atoms with Crippen molar-refractivity contribution < 1.29 is 13.3 Å². The van der Waals surface area contributed by atoms with Crippen LogP contribution in [-0.2, 0) is 5.75 Å². The van der Waals surface area contributed by atoms with E-state index in [4.69, 9.17) is 4.52 Å². The Hall–Kier alpha value is -1.96. The molecule has 0 atom stereocenters. The van der Waals surface area contributed by atoms with Gasteiger partial charge in [-0.05, 0) is 12.1 Å². The molecular weight excluding hydrogens is 286 g/mol. The van der Waals surface area contributed by atoms with Crippen LogP contribution in [0.5, 0.6) is 0 Å². The summed E-state index contributed by atoms with van der Waals surface area (Å²) in [6.07, 6.45) is 0. The second-order valence-corrected chi connectivity index (χ2v) is 4.99. The molecule has 3 aromatic rings. The van der Waals surface area contributed by atoms with Gasteiger partial charge in [-0.2, -0.15) is 13.8 Å². The first-order valence-electron chi connectivity index (χ1n) is 5.82. The number of thioether (sulfide) groups is 1.